The smallest absolute Gasteiger partial charge is 0.325 e. The first kappa shape index (κ1) is 11.9. The normalized spacial score (nSPS) is 12.2. The minimum absolute atomic E-state index is 0.227. The van der Waals surface area contributed by atoms with Gasteiger partial charge in [0, 0.05) is 12.1 Å². The summed E-state index contributed by atoms with van der Waals surface area (Å²) in [6.07, 6.45) is 0.678. The molecule has 1 heterocycles. The summed E-state index contributed by atoms with van der Waals surface area (Å²) < 4.78 is 14.6. The highest BCUT2D eigenvalue weighted by Gasteiger charge is 2.13. The molecule has 0 amide bonds. The first-order chi connectivity index (χ1) is 7.87. The van der Waals surface area contributed by atoms with Crippen LogP contribution in [0.2, 0.25) is 0 Å². The Morgan fingerprint density at radius 2 is 2.18 bits per heavy atom. The molecule has 2 rings (SSSR count). The highest BCUT2D eigenvalue weighted by atomic mass is 19.1. The van der Waals surface area contributed by atoms with Gasteiger partial charge in [0.15, 0.2) is 0 Å². The molecule has 0 bridgehead atoms. The second-order valence-corrected chi connectivity index (χ2v) is 4.98. The number of nitrogens with two attached hydrogens (primary N) is 1. The molecule has 0 fully saturated rings. The predicted octanol–water partition coefficient (Wildman–Crippen LogP) is 1.60. The zero-order chi connectivity index (χ0) is 12.6. The molecule has 2 aromatic rings. The van der Waals surface area contributed by atoms with Crippen molar-refractivity contribution in [2.24, 2.45) is 5.73 Å². The van der Waals surface area contributed by atoms with Crippen LogP contribution < -0.4 is 11.4 Å². The van der Waals surface area contributed by atoms with Crippen LogP contribution in [0.25, 0.3) is 11.0 Å². The van der Waals surface area contributed by atoms with Gasteiger partial charge < -0.3 is 10.7 Å². The van der Waals surface area contributed by atoms with Crippen LogP contribution in [0, 0.1) is 5.82 Å². The molecular formula is C12H16FN3O. The summed E-state index contributed by atoms with van der Waals surface area (Å²) in [7, 11) is 0. The molecule has 1 aromatic heterocycles. The van der Waals surface area contributed by atoms with Gasteiger partial charge in [-0.2, -0.15) is 0 Å². The number of rotatable bonds is 3. The third-order valence-electron chi connectivity index (χ3n) is 2.72. The van der Waals surface area contributed by atoms with Crippen molar-refractivity contribution in [1.82, 2.24) is 9.55 Å². The Morgan fingerprint density at radius 1 is 1.47 bits per heavy atom. The molecule has 0 saturated heterocycles. The molecule has 0 spiro atoms. The van der Waals surface area contributed by atoms with Crippen molar-refractivity contribution >= 4 is 11.0 Å². The second kappa shape index (κ2) is 4.00. The van der Waals surface area contributed by atoms with E-state index in [1.807, 2.05) is 13.8 Å². The summed E-state index contributed by atoms with van der Waals surface area (Å²) in [5.41, 5.74) is 6.55. The summed E-state index contributed by atoms with van der Waals surface area (Å²) in [6.45, 7) is 4.34. The molecule has 0 aliphatic rings. The van der Waals surface area contributed by atoms with Gasteiger partial charge in [0.05, 0.1) is 11.0 Å². The van der Waals surface area contributed by atoms with Crippen molar-refractivity contribution in [3.05, 3.63) is 34.5 Å². The molecule has 0 saturated carbocycles. The lowest BCUT2D eigenvalue weighted by molar-refractivity contribution is 0.436. The van der Waals surface area contributed by atoms with Crippen molar-refractivity contribution in [3.8, 4) is 0 Å². The van der Waals surface area contributed by atoms with E-state index in [-0.39, 0.29) is 17.0 Å². The van der Waals surface area contributed by atoms with Gasteiger partial charge in [0.2, 0.25) is 0 Å². The second-order valence-electron chi connectivity index (χ2n) is 4.98. The highest BCUT2D eigenvalue weighted by Crippen LogP contribution is 2.13. The van der Waals surface area contributed by atoms with Crippen molar-refractivity contribution < 1.29 is 4.39 Å². The molecule has 0 radical (unpaired) electrons. The molecule has 17 heavy (non-hydrogen) atoms. The Morgan fingerprint density at radius 3 is 2.82 bits per heavy atom. The van der Waals surface area contributed by atoms with Gasteiger partial charge in [-0.25, -0.2) is 9.18 Å². The Balaban J connectivity index is 2.40. The summed E-state index contributed by atoms with van der Waals surface area (Å²) in [5.74, 6) is -0.356. The molecule has 3 N–H and O–H groups in total. The molecule has 92 valence electrons. The molecule has 0 aliphatic carbocycles. The molecule has 0 atom stereocenters. The summed E-state index contributed by atoms with van der Waals surface area (Å²) in [4.78, 5) is 14.3. The maximum absolute atomic E-state index is 13.0. The van der Waals surface area contributed by atoms with Crippen LogP contribution in [0.15, 0.2) is 23.0 Å². The monoisotopic (exact) mass is 237 g/mol. The van der Waals surface area contributed by atoms with E-state index in [0.29, 0.717) is 24.0 Å². The number of nitrogens with one attached hydrogen (secondary N) is 1. The van der Waals surface area contributed by atoms with E-state index < -0.39 is 0 Å². The highest BCUT2D eigenvalue weighted by molar-refractivity contribution is 5.75. The van der Waals surface area contributed by atoms with Crippen LogP contribution >= 0.6 is 0 Å². The third kappa shape index (κ3) is 2.55. The van der Waals surface area contributed by atoms with Crippen LogP contribution in [-0.2, 0) is 6.54 Å². The summed E-state index contributed by atoms with van der Waals surface area (Å²) in [5, 5.41) is 0. The zero-order valence-corrected chi connectivity index (χ0v) is 9.96. The Kier molecular flexibility index (Phi) is 2.79. The number of H-pyrrole nitrogens is 1. The number of aryl methyl sites for hydroxylation is 1. The van der Waals surface area contributed by atoms with E-state index in [0.717, 1.165) is 0 Å². The molecular weight excluding hydrogens is 221 g/mol. The maximum atomic E-state index is 13.0. The summed E-state index contributed by atoms with van der Waals surface area (Å²) >= 11 is 0. The van der Waals surface area contributed by atoms with E-state index in [2.05, 4.69) is 4.98 Å². The van der Waals surface area contributed by atoms with Crippen molar-refractivity contribution in [1.29, 1.82) is 0 Å². The van der Waals surface area contributed by atoms with Crippen molar-refractivity contribution in [2.75, 3.05) is 0 Å². The van der Waals surface area contributed by atoms with Crippen LogP contribution in [0.1, 0.15) is 20.3 Å². The van der Waals surface area contributed by atoms with Crippen LogP contribution in [0.5, 0.6) is 0 Å². The third-order valence-corrected chi connectivity index (χ3v) is 2.72. The predicted molar refractivity (Wildman–Crippen MR) is 65.4 cm³/mol. The first-order valence-electron chi connectivity index (χ1n) is 5.54. The van der Waals surface area contributed by atoms with Gasteiger partial charge in [0.25, 0.3) is 0 Å². The lowest BCUT2D eigenvalue weighted by atomic mass is 10.0. The van der Waals surface area contributed by atoms with Gasteiger partial charge in [0.1, 0.15) is 5.82 Å². The number of fused-ring (bicyclic) bond motifs is 1. The Labute approximate surface area is 98.2 Å². The van der Waals surface area contributed by atoms with E-state index in [4.69, 9.17) is 5.73 Å². The quantitative estimate of drug-likeness (QED) is 0.851. The molecule has 0 aliphatic heterocycles. The molecule has 0 unspecified atom stereocenters. The number of hydrogen-bond acceptors (Lipinski definition) is 2. The molecule has 1 aromatic carbocycles. The average Bonchev–Trinajstić information content (AvgIpc) is 2.48. The largest absolute Gasteiger partial charge is 0.326 e. The van der Waals surface area contributed by atoms with Crippen molar-refractivity contribution in [2.45, 2.75) is 32.4 Å². The number of hydrogen-bond donors (Lipinski definition) is 2. The number of imidazole rings is 1. The summed E-state index contributed by atoms with van der Waals surface area (Å²) in [6, 6.07) is 4.27. The fraction of sp³-hybridized carbons (Fsp3) is 0.417. The molecule has 4 nitrogen and oxygen atoms in total. The van der Waals surface area contributed by atoms with E-state index in [1.54, 1.807) is 10.6 Å². The Bertz CT molecular complexity index is 592. The fourth-order valence-electron chi connectivity index (χ4n) is 1.76. The van der Waals surface area contributed by atoms with Gasteiger partial charge in [-0.15, -0.1) is 0 Å². The van der Waals surface area contributed by atoms with Gasteiger partial charge in [-0.3, -0.25) is 4.57 Å². The lowest BCUT2D eigenvalue weighted by Crippen LogP contribution is -2.34. The number of nitrogens with zero attached hydrogens (tertiary/aromatic N) is 1. The Hall–Kier alpha value is -1.62. The SMILES string of the molecule is CC(C)(N)CCn1c(=O)[nH]c2cc(F)ccc21. The average molecular weight is 237 g/mol. The van der Waals surface area contributed by atoms with Gasteiger partial charge in [-0.1, -0.05) is 0 Å². The fourth-order valence-corrected chi connectivity index (χ4v) is 1.76. The minimum atomic E-state index is -0.356. The number of halogens is 1. The van der Waals surface area contributed by atoms with E-state index in [9.17, 15) is 9.18 Å². The van der Waals surface area contributed by atoms with E-state index in [1.165, 1.54) is 12.1 Å². The van der Waals surface area contributed by atoms with Crippen LogP contribution in [0.4, 0.5) is 4.39 Å². The maximum Gasteiger partial charge on any atom is 0.326 e. The zero-order valence-electron chi connectivity index (χ0n) is 9.96. The van der Waals surface area contributed by atoms with Gasteiger partial charge in [-0.05, 0) is 38.5 Å². The lowest BCUT2D eigenvalue weighted by Gasteiger charge is -2.18. The minimum Gasteiger partial charge on any atom is -0.325 e. The number of aromatic amines is 1. The van der Waals surface area contributed by atoms with E-state index >= 15 is 0 Å². The number of benzene rings is 1. The van der Waals surface area contributed by atoms with Crippen LogP contribution in [-0.4, -0.2) is 15.1 Å². The van der Waals surface area contributed by atoms with Gasteiger partial charge >= 0.3 is 5.69 Å². The number of aromatic nitrogens is 2. The molecule has 5 heteroatoms. The first-order valence-corrected chi connectivity index (χ1v) is 5.54. The van der Waals surface area contributed by atoms with Crippen LogP contribution in [0.3, 0.4) is 0 Å². The van der Waals surface area contributed by atoms with Crippen molar-refractivity contribution in [3.63, 3.8) is 0 Å². The topological polar surface area (TPSA) is 63.8 Å². The standard InChI is InChI=1S/C12H16FN3O/c1-12(2,14)5-6-16-10-4-3-8(13)7-9(10)15-11(16)17/h3-4,7H,5-6,14H2,1-2H3,(H,15,17).